The Hall–Kier alpha value is -1.08. The fourth-order valence-electron chi connectivity index (χ4n) is 5.50. The largest absolute Gasteiger partial charge is 0.222 e. The van der Waals surface area contributed by atoms with Crippen molar-refractivity contribution in [3.05, 3.63) is 33.0 Å². The van der Waals surface area contributed by atoms with Crippen LogP contribution in [0.25, 0.3) is 29.4 Å². The zero-order valence-corrected chi connectivity index (χ0v) is 28.7. The summed E-state index contributed by atoms with van der Waals surface area (Å²) in [6.07, 6.45) is 24.5. The molecule has 0 unspecified atom stereocenters. The Kier molecular flexibility index (Phi) is 13.6. The number of rotatable bonds is 20. The van der Waals surface area contributed by atoms with Crippen LogP contribution >= 0.6 is 45.3 Å². The van der Waals surface area contributed by atoms with Crippen molar-refractivity contribution in [2.24, 2.45) is 0 Å². The molecule has 0 N–H and O–H groups in total. The van der Waals surface area contributed by atoms with E-state index in [1.165, 1.54) is 146 Å². The van der Waals surface area contributed by atoms with Crippen LogP contribution in [-0.2, 0) is 12.8 Å². The van der Waals surface area contributed by atoms with Crippen LogP contribution in [0.2, 0.25) is 0 Å². The Labute approximate surface area is 259 Å². The molecule has 220 valence electrons. The number of aryl methyl sites for hydroxylation is 4. The van der Waals surface area contributed by atoms with E-state index in [0.717, 1.165) is 19.7 Å². The summed E-state index contributed by atoms with van der Waals surface area (Å²) in [6.45, 7) is 9.15. The lowest BCUT2D eigenvalue weighted by molar-refractivity contribution is 0.575. The maximum absolute atomic E-state index is 5.04. The molecule has 0 aromatic carbocycles. The van der Waals surface area contributed by atoms with Crippen molar-refractivity contribution in [2.75, 3.05) is 0 Å². The molecule has 4 aromatic rings. The first kappa shape index (κ1) is 31.8. The third-order valence-electron chi connectivity index (χ3n) is 8.04. The Morgan fingerprint density at radius 1 is 0.475 bits per heavy atom. The summed E-state index contributed by atoms with van der Waals surface area (Å²) < 4.78 is 0. The van der Waals surface area contributed by atoms with Crippen molar-refractivity contribution in [3.8, 4) is 19.8 Å². The molecular weight excluding hydrogens is 565 g/mol. The molecule has 4 rings (SSSR count). The Bertz CT molecular complexity index is 1150. The monoisotopic (exact) mass is 614 g/mol. The van der Waals surface area contributed by atoms with Crippen molar-refractivity contribution < 1.29 is 0 Å². The molecule has 0 fully saturated rings. The summed E-state index contributed by atoms with van der Waals surface area (Å²) in [6, 6.07) is 4.81. The van der Waals surface area contributed by atoms with Gasteiger partial charge in [0.25, 0.3) is 0 Å². The van der Waals surface area contributed by atoms with Crippen molar-refractivity contribution >= 4 is 55.0 Å². The highest BCUT2D eigenvalue weighted by Gasteiger charge is 2.17. The normalized spacial score (nSPS) is 11.8. The van der Waals surface area contributed by atoms with Crippen LogP contribution < -0.4 is 0 Å². The van der Waals surface area contributed by atoms with Gasteiger partial charge in [0.15, 0.2) is 9.66 Å². The van der Waals surface area contributed by atoms with E-state index < -0.39 is 0 Å². The van der Waals surface area contributed by atoms with Gasteiger partial charge in [0, 0.05) is 9.75 Å². The molecule has 0 saturated heterocycles. The smallest absolute Gasteiger partial charge is 0.155 e. The van der Waals surface area contributed by atoms with Crippen molar-refractivity contribution in [1.29, 1.82) is 0 Å². The number of hydrogen-bond donors (Lipinski definition) is 0. The maximum Gasteiger partial charge on any atom is 0.155 e. The Morgan fingerprint density at radius 2 is 0.825 bits per heavy atom. The average Bonchev–Trinajstić information content (AvgIpc) is 3.70. The first-order valence-corrected chi connectivity index (χ1v) is 19.3. The first-order valence-electron chi connectivity index (χ1n) is 16.1. The van der Waals surface area contributed by atoms with Crippen LogP contribution in [0.1, 0.15) is 137 Å². The quantitative estimate of drug-likeness (QED) is 0.0925. The second-order valence-corrected chi connectivity index (χ2v) is 15.9. The maximum atomic E-state index is 5.04. The average molecular weight is 615 g/mol. The summed E-state index contributed by atoms with van der Waals surface area (Å²) in [7, 11) is 0. The predicted molar refractivity (Wildman–Crippen MR) is 184 cm³/mol. The number of hydrogen-bond acceptors (Lipinski definition) is 6. The second kappa shape index (κ2) is 17.1. The van der Waals surface area contributed by atoms with E-state index in [-0.39, 0.29) is 0 Å². The molecule has 0 saturated carbocycles. The van der Waals surface area contributed by atoms with Crippen LogP contribution in [-0.4, -0.2) is 9.97 Å². The molecule has 0 aliphatic heterocycles. The molecule has 0 amide bonds. The number of aromatic nitrogens is 2. The SMILES string of the molecule is CCCCCCCCCCc1cc(-c2nc3sc(-c4cc(CCCCCCCCCC)c(C)s4)nc3s2)sc1C. The zero-order valence-electron chi connectivity index (χ0n) is 25.4. The minimum Gasteiger partial charge on any atom is -0.222 e. The molecule has 0 spiro atoms. The predicted octanol–water partition coefficient (Wildman–Crippen LogP) is 13.2. The van der Waals surface area contributed by atoms with Gasteiger partial charge in [-0.2, -0.15) is 0 Å². The molecular formula is C34H50N2S4. The van der Waals surface area contributed by atoms with Crippen molar-refractivity contribution in [3.63, 3.8) is 0 Å². The van der Waals surface area contributed by atoms with Gasteiger partial charge in [-0.15, -0.1) is 22.7 Å². The molecule has 4 aromatic heterocycles. The molecule has 0 aliphatic rings. The van der Waals surface area contributed by atoms with Gasteiger partial charge < -0.3 is 0 Å². The number of nitrogens with zero attached hydrogens (tertiary/aromatic N) is 2. The van der Waals surface area contributed by atoms with E-state index in [2.05, 4.69) is 39.8 Å². The fraction of sp³-hybridized carbons (Fsp3) is 0.647. The van der Waals surface area contributed by atoms with Crippen LogP contribution in [0.4, 0.5) is 0 Å². The molecule has 0 radical (unpaired) electrons. The van der Waals surface area contributed by atoms with Crippen molar-refractivity contribution in [1.82, 2.24) is 9.97 Å². The standard InChI is InChI=1S/C34H50N2S4/c1-5-7-9-11-13-15-17-19-21-27-23-29(37-25(27)3)31-35-33-34(39-31)36-32(40-33)30-24-28(26(4)38-30)22-20-18-16-14-12-10-8-6-2/h23-24H,5-22H2,1-4H3. The lowest BCUT2D eigenvalue weighted by atomic mass is 10.0. The second-order valence-electron chi connectivity index (χ2n) is 11.5. The minimum atomic E-state index is 1.10. The number of unbranched alkanes of at least 4 members (excludes halogenated alkanes) is 14. The highest BCUT2D eigenvalue weighted by molar-refractivity contribution is 7.32. The van der Waals surface area contributed by atoms with E-state index in [1.807, 2.05) is 22.7 Å². The summed E-state index contributed by atoms with van der Waals surface area (Å²) in [5.74, 6) is 0. The van der Waals surface area contributed by atoms with E-state index >= 15 is 0 Å². The lowest BCUT2D eigenvalue weighted by Gasteiger charge is -2.02. The van der Waals surface area contributed by atoms with Gasteiger partial charge in [-0.05, 0) is 62.8 Å². The molecule has 6 heteroatoms. The third-order valence-corrected chi connectivity index (χ3v) is 12.6. The van der Waals surface area contributed by atoms with Crippen LogP contribution in [0.15, 0.2) is 12.1 Å². The number of thiazole rings is 2. The first-order chi connectivity index (χ1) is 19.6. The molecule has 0 atom stereocenters. The topological polar surface area (TPSA) is 25.8 Å². The van der Waals surface area contributed by atoms with Gasteiger partial charge in [0.1, 0.15) is 10.0 Å². The van der Waals surface area contributed by atoms with Gasteiger partial charge in [-0.1, -0.05) is 126 Å². The fourth-order valence-corrected chi connectivity index (χ4v) is 9.77. The zero-order chi connectivity index (χ0) is 28.2. The molecule has 2 nitrogen and oxygen atoms in total. The van der Waals surface area contributed by atoms with Crippen LogP contribution in [0.5, 0.6) is 0 Å². The van der Waals surface area contributed by atoms with Gasteiger partial charge in [0.05, 0.1) is 9.75 Å². The van der Waals surface area contributed by atoms with E-state index in [1.54, 1.807) is 22.7 Å². The lowest BCUT2D eigenvalue weighted by Crippen LogP contribution is -1.86. The van der Waals surface area contributed by atoms with E-state index in [9.17, 15) is 0 Å². The van der Waals surface area contributed by atoms with Crippen LogP contribution in [0, 0.1) is 13.8 Å². The summed E-state index contributed by atoms with van der Waals surface area (Å²) in [4.78, 5) is 17.9. The molecule has 40 heavy (non-hydrogen) atoms. The summed E-state index contributed by atoms with van der Waals surface area (Å²) in [5.41, 5.74) is 3.05. The third kappa shape index (κ3) is 9.47. The van der Waals surface area contributed by atoms with Gasteiger partial charge in [-0.3, -0.25) is 0 Å². The molecule has 0 bridgehead atoms. The number of thiophene rings is 2. The van der Waals surface area contributed by atoms with Gasteiger partial charge in [-0.25, -0.2) is 9.97 Å². The van der Waals surface area contributed by atoms with Crippen molar-refractivity contribution in [2.45, 2.75) is 143 Å². The molecule has 4 heterocycles. The summed E-state index contributed by atoms with van der Waals surface area (Å²) >= 11 is 7.36. The Balaban J connectivity index is 1.26. The van der Waals surface area contributed by atoms with Crippen LogP contribution in [0.3, 0.4) is 0 Å². The molecule has 0 aliphatic carbocycles. The minimum absolute atomic E-state index is 1.10. The number of fused-ring (bicyclic) bond motifs is 1. The highest BCUT2D eigenvalue weighted by Crippen LogP contribution is 2.42. The van der Waals surface area contributed by atoms with E-state index in [4.69, 9.17) is 9.97 Å². The van der Waals surface area contributed by atoms with Gasteiger partial charge >= 0.3 is 0 Å². The highest BCUT2D eigenvalue weighted by atomic mass is 32.1. The van der Waals surface area contributed by atoms with E-state index in [0.29, 0.717) is 0 Å². The Morgan fingerprint density at radius 3 is 1.20 bits per heavy atom. The summed E-state index contributed by atoms with van der Waals surface area (Å²) in [5, 5.41) is 2.29. The van der Waals surface area contributed by atoms with Gasteiger partial charge in [0.2, 0.25) is 0 Å².